The molecule has 0 unspecified atom stereocenters. The zero-order chi connectivity index (χ0) is 16.6. The Bertz CT molecular complexity index is 784. The molecule has 0 saturated heterocycles. The van der Waals surface area contributed by atoms with Gasteiger partial charge in [0.2, 0.25) is 5.91 Å². The maximum absolute atomic E-state index is 13.6. The summed E-state index contributed by atoms with van der Waals surface area (Å²) >= 11 is 1.13. The van der Waals surface area contributed by atoms with E-state index in [-0.39, 0.29) is 17.5 Å². The molecule has 7 heteroatoms. The van der Waals surface area contributed by atoms with E-state index in [1.54, 1.807) is 13.0 Å². The van der Waals surface area contributed by atoms with Crippen LogP contribution in [-0.4, -0.2) is 11.8 Å². The largest absolute Gasteiger partial charge is 0.319 e. The lowest BCUT2D eigenvalue weighted by atomic mass is 10.2. The zero-order valence-corrected chi connectivity index (χ0v) is 13.1. The Morgan fingerprint density at radius 3 is 2.57 bits per heavy atom. The van der Waals surface area contributed by atoms with Crippen molar-refractivity contribution in [3.8, 4) is 0 Å². The Kier molecular flexibility index (Phi) is 4.12. The van der Waals surface area contributed by atoms with Crippen LogP contribution >= 0.6 is 11.3 Å². The van der Waals surface area contributed by atoms with Gasteiger partial charge in [-0.05, 0) is 43.5 Å². The minimum atomic E-state index is -0.838. The molecule has 0 radical (unpaired) electrons. The van der Waals surface area contributed by atoms with Crippen LogP contribution in [0.4, 0.5) is 19.5 Å². The van der Waals surface area contributed by atoms with Crippen LogP contribution in [0.1, 0.15) is 28.1 Å². The number of benzene rings is 1. The summed E-state index contributed by atoms with van der Waals surface area (Å²) in [6.45, 7) is 1.74. The first-order chi connectivity index (χ1) is 10.9. The summed E-state index contributed by atoms with van der Waals surface area (Å²) in [7, 11) is 0. The van der Waals surface area contributed by atoms with Crippen LogP contribution in [-0.2, 0) is 4.79 Å². The summed E-state index contributed by atoms with van der Waals surface area (Å²) in [6, 6.07) is 4.65. The van der Waals surface area contributed by atoms with E-state index in [4.69, 9.17) is 0 Å². The molecule has 1 saturated carbocycles. The first-order valence-electron chi connectivity index (χ1n) is 7.12. The van der Waals surface area contributed by atoms with E-state index in [0.717, 1.165) is 30.2 Å². The van der Waals surface area contributed by atoms with Gasteiger partial charge in [0.25, 0.3) is 5.91 Å². The Morgan fingerprint density at radius 1 is 1.17 bits per heavy atom. The lowest BCUT2D eigenvalue weighted by molar-refractivity contribution is -0.117. The second-order valence-corrected chi connectivity index (χ2v) is 6.52. The fourth-order valence-electron chi connectivity index (χ4n) is 2.11. The van der Waals surface area contributed by atoms with Gasteiger partial charge in [0.1, 0.15) is 11.6 Å². The molecule has 1 aromatic heterocycles. The number of thiophene rings is 1. The van der Waals surface area contributed by atoms with Gasteiger partial charge in [0.05, 0.1) is 15.6 Å². The third-order valence-electron chi connectivity index (χ3n) is 3.50. The van der Waals surface area contributed by atoms with Crippen molar-refractivity contribution >= 4 is 33.8 Å². The van der Waals surface area contributed by atoms with Gasteiger partial charge in [-0.1, -0.05) is 0 Å². The van der Waals surface area contributed by atoms with Crippen LogP contribution in [0.5, 0.6) is 0 Å². The Labute approximate surface area is 135 Å². The third kappa shape index (κ3) is 3.56. The monoisotopic (exact) mass is 336 g/mol. The molecular formula is C16H14F2N2O2S. The average Bonchev–Trinajstić information content (AvgIpc) is 3.26. The Balaban J connectivity index is 1.73. The third-order valence-corrected chi connectivity index (χ3v) is 4.65. The molecule has 0 bridgehead atoms. The van der Waals surface area contributed by atoms with Gasteiger partial charge in [-0.2, -0.15) is 0 Å². The molecule has 4 nitrogen and oxygen atoms in total. The van der Waals surface area contributed by atoms with Gasteiger partial charge in [-0.15, -0.1) is 11.3 Å². The molecule has 0 atom stereocenters. The van der Waals surface area contributed by atoms with Crippen molar-refractivity contribution in [2.75, 3.05) is 10.6 Å². The lowest BCUT2D eigenvalue weighted by Crippen LogP contribution is -2.13. The number of carbonyl (C=O) groups excluding carboxylic acids is 2. The minimum absolute atomic E-state index is 0.0391. The minimum Gasteiger partial charge on any atom is -0.319 e. The van der Waals surface area contributed by atoms with Crippen molar-refractivity contribution in [1.29, 1.82) is 0 Å². The molecule has 1 aromatic carbocycles. The SMILES string of the molecule is Cc1cc(NC(=O)C2CC2)sc1C(=O)Nc1ccc(F)cc1F. The summed E-state index contributed by atoms with van der Waals surface area (Å²) in [5, 5.41) is 5.78. The maximum atomic E-state index is 13.6. The Morgan fingerprint density at radius 2 is 1.91 bits per heavy atom. The van der Waals surface area contributed by atoms with E-state index >= 15 is 0 Å². The molecule has 2 amide bonds. The number of nitrogens with one attached hydrogen (secondary N) is 2. The average molecular weight is 336 g/mol. The molecule has 2 N–H and O–H groups in total. The highest BCUT2D eigenvalue weighted by molar-refractivity contribution is 7.18. The molecular weight excluding hydrogens is 322 g/mol. The van der Waals surface area contributed by atoms with Gasteiger partial charge < -0.3 is 10.6 Å². The molecule has 1 aliphatic carbocycles. The predicted octanol–water partition coefficient (Wildman–Crippen LogP) is 3.94. The normalized spacial score (nSPS) is 13.7. The van der Waals surface area contributed by atoms with Gasteiger partial charge in [-0.25, -0.2) is 8.78 Å². The van der Waals surface area contributed by atoms with Gasteiger partial charge in [0, 0.05) is 12.0 Å². The van der Waals surface area contributed by atoms with Crippen LogP contribution < -0.4 is 10.6 Å². The second kappa shape index (κ2) is 6.08. The van der Waals surface area contributed by atoms with E-state index in [0.29, 0.717) is 21.5 Å². The van der Waals surface area contributed by atoms with E-state index in [1.807, 2.05) is 0 Å². The van der Waals surface area contributed by atoms with Crippen molar-refractivity contribution < 1.29 is 18.4 Å². The van der Waals surface area contributed by atoms with Gasteiger partial charge in [0.15, 0.2) is 0 Å². The summed E-state index contributed by atoms with van der Waals surface area (Å²) in [5.74, 6) is -2.01. The maximum Gasteiger partial charge on any atom is 0.266 e. The number of anilines is 2. The summed E-state index contributed by atoms with van der Waals surface area (Å²) in [4.78, 5) is 24.4. The molecule has 1 heterocycles. The molecule has 23 heavy (non-hydrogen) atoms. The highest BCUT2D eigenvalue weighted by atomic mass is 32.1. The number of carbonyl (C=O) groups is 2. The summed E-state index contributed by atoms with van der Waals surface area (Å²) < 4.78 is 26.5. The fourth-order valence-corrected chi connectivity index (χ4v) is 3.08. The number of amides is 2. The molecule has 3 rings (SSSR count). The van der Waals surface area contributed by atoms with Crippen LogP contribution in [0.3, 0.4) is 0 Å². The molecule has 120 valence electrons. The molecule has 1 fully saturated rings. The number of hydrogen-bond acceptors (Lipinski definition) is 3. The first kappa shape index (κ1) is 15.6. The summed E-state index contributed by atoms with van der Waals surface area (Å²) in [5.41, 5.74) is 0.592. The van der Waals surface area contributed by atoms with Crippen LogP contribution in [0.2, 0.25) is 0 Å². The van der Waals surface area contributed by atoms with E-state index < -0.39 is 17.5 Å². The second-order valence-electron chi connectivity index (χ2n) is 5.46. The lowest BCUT2D eigenvalue weighted by Gasteiger charge is -2.05. The standard InChI is InChI=1S/C16H14F2N2O2S/c1-8-6-13(20-15(21)9-2-3-9)23-14(8)16(22)19-12-5-4-10(17)7-11(12)18/h4-7,9H,2-3H2,1H3,(H,19,22)(H,20,21). The van der Waals surface area contributed by atoms with Crippen molar-refractivity contribution in [3.63, 3.8) is 0 Å². The van der Waals surface area contributed by atoms with Crippen molar-refractivity contribution in [2.24, 2.45) is 5.92 Å². The molecule has 0 spiro atoms. The van der Waals surface area contributed by atoms with Gasteiger partial charge in [-0.3, -0.25) is 9.59 Å². The van der Waals surface area contributed by atoms with Crippen molar-refractivity contribution in [1.82, 2.24) is 0 Å². The Hall–Kier alpha value is -2.28. The number of halogens is 2. The number of hydrogen-bond donors (Lipinski definition) is 2. The van der Waals surface area contributed by atoms with Gasteiger partial charge >= 0.3 is 0 Å². The quantitative estimate of drug-likeness (QED) is 0.888. The molecule has 2 aromatic rings. The molecule has 1 aliphatic rings. The summed E-state index contributed by atoms with van der Waals surface area (Å²) in [6.07, 6.45) is 1.79. The topological polar surface area (TPSA) is 58.2 Å². The zero-order valence-electron chi connectivity index (χ0n) is 12.3. The van der Waals surface area contributed by atoms with Crippen molar-refractivity contribution in [2.45, 2.75) is 19.8 Å². The van der Waals surface area contributed by atoms with E-state index in [2.05, 4.69) is 10.6 Å². The number of rotatable bonds is 4. The predicted molar refractivity (Wildman–Crippen MR) is 84.7 cm³/mol. The number of aryl methyl sites for hydroxylation is 1. The van der Waals surface area contributed by atoms with Crippen LogP contribution in [0, 0.1) is 24.5 Å². The van der Waals surface area contributed by atoms with Crippen molar-refractivity contribution in [3.05, 3.63) is 46.3 Å². The van der Waals surface area contributed by atoms with E-state index in [1.165, 1.54) is 6.07 Å². The van der Waals surface area contributed by atoms with Crippen LogP contribution in [0.15, 0.2) is 24.3 Å². The smallest absolute Gasteiger partial charge is 0.266 e. The highest BCUT2D eigenvalue weighted by Gasteiger charge is 2.30. The molecule has 0 aliphatic heterocycles. The highest BCUT2D eigenvalue weighted by Crippen LogP contribution is 2.33. The van der Waals surface area contributed by atoms with Crippen LogP contribution in [0.25, 0.3) is 0 Å². The van der Waals surface area contributed by atoms with E-state index in [9.17, 15) is 18.4 Å². The fraction of sp³-hybridized carbons (Fsp3) is 0.250. The first-order valence-corrected chi connectivity index (χ1v) is 7.93.